The van der Waals surface area contributed by atoms with E-state index in [1.165, 1.54) is 33.4 Å². The van der Waals surface area contributed by atoms with Gasteiger partial charge in [-0.3, -0.25) is 9.13 Å². The number of hydrogen-bond donors (Lipinski definition) is 2. The van der Waals surface area contributed by atoms with Crippen molar-refractivity contribution in [3.63, 3.8) is 0 Å². The first-order chi connectivity index (χ1) is 15.3. The Morgan fingerprint density at radius 1 is 0.636 bits per heavy atom. The average Bonchev–Trinajstić information content (AvgIpc) is 2.72. The van der Waals surface area contributed by atoms with Gasteiger partial charge in [0.05, 0.1) is 0 Å². The van der Waals surface area contributed by atoms with Crippen molar-refractivity contribution in [3.8, 4) is 22.3 Å². The van der Waals surface area contributed by atoms with Crippen LogP contribution in [0.5, 0.6) is 0 Å². The molecule has 2 unspecified atom stereocenters. The second-order valence-electron chi connectivity index (χ2n) is 9.84. The molecule has 0 aliphatic heterocycles. The summed E-state index contributed by atoms with van der Waals surface area (Å²) in [5.41, 5.74) is 8.23. The zero-order valence-corrected chi connectivity index (χ0v) is 22.0. The molecular weight excluding hydrogens is 454 g/mol. The van der Waals surface area contributed by atoms with Gasteiger partial charge in [-0.25, -0.2) is 4.31 Å². The van der Waals surface area contributed by atoms with Crippen LogP contribution in [0, 0.1) is 0 Å². The van der Waals surface area contributed by atoms with Crippen molar-refractivity contribution in [2.75, 3.05) is 0 Å². The minimum atomic E-state index is -3.20. The maximum absolute atomic E-state index is 9.44. The Balaban J connectivity index is 0.000000479. The molecule has 3 aromatic rings. The largest absolute Gasteiger partial charge is 0.326 e. The zero-order valence-electron chi connectivity index (χ0n) is 20.0. The molecule has 178 valence electrons. The molecule has 0 saturated heterocycles. The second-order valence-corrected chi connectivity index (χ2v) is 11.7. The fourth-order valence-electron chi connectivity index (χ4n) is 3.43. The highest BCUT2D eigenvalue weighted by Gasteiger charge is 2.22. The molecule has 2 N–H and O–H groups in total. The summed E-state index contributed by atoms with van der Waals surface area (Å²) in [6.45, 7) is 13.7. The van der Waals surface area contributed by atoms with Crippen LogP contribution in [-0.4, -0.2) is 9.79 Å². The lowest BCUT2D eigenvalue weighted by Crippen LogP contribution is -2.17. The summed E-state index contributed by atoms with van der Waals surface area (Å²) >= 11 is 0. The number of hydrogen-bond acceptors (Lipinski definition) is 3. The summed E-state index contributed by atoms with van der Waals surface area (Å²) in [6.07, 6.45) is 0. The lowest BCUT2D eigenvalue weighted by atomic mass is 9.77. The van der Waals surface area contributed by atoms with Gasteiger partial charge in [-0.1, -0.05) is 114 Å². The molecule has 5 nitrogen and oxygen atoms in total. The molecule has 0 radical (unpaired) electrons. The molecule has 0 fully saturated rings. The molecule has 0 amide bonds. The fourth-order valence-corrected chi connectivity index (χ4v) is 4.03. The van der Waals surface area contributed by atoms with Crippen LogP contribution in [-0.2, 0) is 24.3 Å². The summed E-state index contributed by atoms with van der Waals surface area (Å²) in [4.78, 5) is 15.4. The van der Waals surface area contributed by atoms with E-state index in [4.69, 9.17) is 9.79 Å². The Hall–Kier alpha value is -2.00. The van der Waals surface area contributed by atoms with Gasteiger partial charge in [0.15, 0.2) is 0 Å². The van der Waals surface area contributed by atoms with Crippen molar-refractivity contribution in [2.24, 2.45) is 0 Å². The molecule has 0 aliphatic rings. The SMILES string of the molecule is CC(C)(C)c1ccc(-c2ccc(-c3ccccc3)cc2)c(C(C)(C)C)c1.O=[PH](O)O[PH](=O)O. The predicted octanol–water partition coefficient (Wildman–Crippen LogP) is 7.38. The lowest BCUT2D eigenvalue weighted by Gasteiger charge is -2.27. The summed E-state index contributed by atoms with van der Waals surface area (Å²) in [7, 11) is -6.40. The monoisotopic (exact) mass is 488 g/mol. The standard InChI is InChI=1S/C26H30.H4O5P2/c1-25(2,3)22-16-17-23(24(18-22)26(4,5)6)21-14-12-20(13-15-21)19-10-8-7-9-11-19;1-6(2)5-7(3)4/h7-18H,1-6H3;6-7H,(H,1,2)(H,3,4). The number of rotatable bonds is 4. The maximum atomic E-state index is 9.44. The highest BCUT2D eigenvalue weighted by molar-refractivity contribution is 7.46. The summed E-state index contributed by atoms with van der Waals surface area (Å²) in [6, 6.07) is 26.5. The van der Waals surface area contributed by atoms with E-state index in [1.54, 1.807) is 0 Å². The van der Waals surface area contributed by atoms with Crippen molar-refractivity contribution < 1.29 is 23.2 Å². The van der Waals surface area contributed by atoms with Gasteiger partial charge in [0, 0.05) is 0 Å². The molecule has 0 saturated carbocycles. The van der Waals surface area contributed by atoms with Crippen LogP contribution in [0.2, 0.25) is 0 Å². The maximum Gasteiger partial charge on any atom is 0.323 e. The van der Waals surface area contributed by atoms with E-state index in [-0.39, 0.29) is 10.8 Å². The van der Waals surface area contributed by atoms with Gasteiger partial charge in [-0.2, -0.15) is 0 Å². The van der Waals surface area contributed by atoms with Crippen molar-refractivity contribution in [1.82, 2.24) is 0 Å². The topological polar surface area (TPSA) is 83.8 Å². The third-order valence-electron chi connectivity index (χ3n) is 5.17. The summed E-state index contributed by atoms with van der Waals surface area (Å²) < 4.78 is 22.3. The van der Waals surface area contributed by atoms with E-state index >= 15 is 0 Å². The fraction of sp³-hybridized carbons (Fsp3) is 0.308. The molecule has 2 atom stereocenters. The van der Waals surface area contributed by atoms with Crippen LogP contribution in [0.1, 0.15) is 52.7 Å². The summed E-state index contributed by atoms with van der Waals surface area (Å²) in [5.74, 6) is 0. The quantitative estimate of drug-likeness (QED) is 0.374. The van der Waals surface area contributed by atoms with E-state index < -0.39 is 16.5 Å². The first-order valence-corrected chi connectivity index (χ1v) is 13.3. The zero-order chi connectivity index (χ0) is 24.8. The van der Waals surface area contributed by atoms with Gasteiger partial charge in [0.25, 0.3) is 0 Å². The smallest absolute Gasteiger partial charge is 0.323 e. The van der Waals surface area contributed by atoms with E-state index in [2.05, 4.69) is 119 Å². The minimum absolute atomic E-state index is 0.106. The van der Waals surface area contributed by atoms with Gasteiger partial charge in [-0.05, 0) is 44.2 Å². The molecule has 0 aliphatic carbocycles. The molecule has 3 aromatic carbocycles. The molecule has 0 heterocycles. The Labute approximate surface area is 198 Å². The molecule has 7 heteroatoms. The van der Waals surface area contributed by atoms with Crippen LogP contribution in [0.15, 0.2) is 72.8 Å². The molecule has 0 bridgehead atoms. The van der Waals surface area contributed by atoms with Crippen molar-refractivity contribution in [1.29, 1.82) is 0 Å². The predicted molar refractivity (Wildman–Crippen MR) is 138 cm³/mol. The minimum Gasteiger partial charge on any atom is -0.326 e. The Kier molecular flexibility index (Phi) is 9.43. The molecule has 0 aromatic heterocycles. The van der Waals surface area contributed by atoms with Crippen molar-refractivity contribution in [3.05, 3.63) is 83.9 Å². The van der Waals surface area contributed by atoms with E-state index in [1.807, 2.05) is 0 Å². The second kappa shape index (κ2) is 11.4. The average molecular weight is 489 g/mol. The van der Waals surface area contributed by atoms with E-state index in [9.17, 15) is 9.13 Å². The van der Waals surface area contributed by atoms with Crippen molar-refractivity contribution in [2.45, 2.75) is 52.4 Å². The molecule has 0 spiro atoms. The normalized spacial score (nSPS) is 13.6. The first-order valence-electron chi connectivity index (χ1n) is 10.7. The van der Waals surface area contributed by atoms with Gasteiger partial charge in [0.2, 0.25) is 0 Å². The third-order valence-corrected chi connectivity index (χ3v) is 6.57. The third kappa shape index (κ3) is 8.37. The highest BCUT2D eigenvalue weighted by Crippen LogP contribution is 2.37. The molecule has 33 heavy (non-hydrogen) atoms. The van der Waals surface area contributed by atoms with Crippen LogP contribution >= 0.6 is 16.5 Å². The van der Waals surface area contributed by atoms with Crippen LogP contribution in [0.4, 0.5) is 0 Å². The van der Waals surface area contributed by atoms with E-state index in [0.717, 1.165) is 0 Å². The molecular formula is C26H34O5P2. The summed E-state index contributed by atoms with van der Waals surface area (Å²) in [5, 5.41) is 0. The van der Waals surface area contributed by atoms with Crippen LogP contribution in [0.3, 0.4) is 0 Å². The Morgan fingerprint density at radius 2 is 1.12 bits per heavy atom. The van der Waals surface area contributed by atoms with Crippen LogP contribution < -0.4 is 0 Å². The van der Waals surface area contributed by atoms with Crippen molar-refractivity contribution >= 4 is 16.5 Å². The van der Waals surface area contributed by atoms with E-state index in [0.29, 0.717) is 0 Å². The lowest BCUT2D eigenvalue weighted by molar-refractivity contribution is 0.371. The van der Waals surface area contributed by atoms with Gasteiger partial charge in [-0.15, -0.1) is 0 Å². The van der Waals surface area contributed by atoms with Gasteiger partial charge < -0.3 is 9.79 Å². The van der Waals surface area contributed by atoms with Gasteiger partial charge in [0.1, 0.15) is 0 Å². The van der Waals surface area contributed by atoms with Crippen LogP contribution in [0.25, 0.3) is 22.3 Å². The Bertz CT molecular complexity index is 1080. The highest BCUT2D eigenvalue weighted by atomic mass is 31.2. The number of benzene rings is 3. The Morgan fingerprint density at radius 3 is 1.55 bits per heavy atom. The van der Waals surface area contributed by atoms with Gasteiger partial charge >= 0.3 is 16.5 Å². The first kappa shape index (κ1) is 27.2. The molecule has 3 rings (SSSR count).